The number of benzene rings is 4. The fourth-order valence-electron chi connectivity index (χ4n) is 3.41. The van der Waals surface area contributed by atoms with E-state index in [-0.39, 0.29) is 5.91 Å². The van der Waals surface area contributed by atoms with Gasteiger partial charge in [0.1, 0.15) is 19.0 Å². The molecule has 188 valence electrons. The first kappa shape index (κ1) is 25.8. The topological polar surface area (TPSA) is 69.2 Å². The van der Waals surface area contributed by atoms with Crippen LogP contribution in [0.15, 0.2) is 102 Å². The minimum Gasteiger partial charge on any atom is -0.490 e. The van der Waals surface area contributed by atoms with E-state index in [1.165, 1.54) is 0 Å². The highest BCUT2D eigenvalue weighted by Crippen LogP contribution is 2.29. The van der Waals surface area contributed by atoms with Gasteiger partial charge in [-0.1, -0.05) is 54.1 Å². The maximum Gasteiger partial charge on any atom is 0.271 e. The summed E-state index contributed by atoms with van der Waals surface area (Å²) in [6.07, 6.45) is 1.56. The van der Waals surface area contributed by atoms with Crippen LogP contribution in [0.3, 0.4) is 0 Å². The summed E-state index contributed by atoms with van der Waals surface area (Å²) < 4.78 is 17.4. The SMILES string of the molecule is CCOc1cc(/C=N\NC(=O)c2ccc(OCc3ccccc3)cc2)ccc1OCc1ccc(Cl)cc1. The van der Waals surface area contributed by atoms with Gasteiger partial charge in [-0.15, -0.1) is 0 Å². The molecule has 4 aromatic rings. The predicted octanol–water partition coefficient (Wildman–Crippen LogP) is 6.66. The monoisotopic (exact) mass is 514 g/mol. The van der Waals surface area contributed by atoms with Crippen molar-refractivity contribution in [2.45, 2.75) is 20.1 Å². The number of hydrazone groups is 1. The van der Waals surface area contributed by atoms with Crippen LogP contribution in [0.2, 0.25) is 5.02 Å². The largest absolute Gasteiger partial charge is 0.490 e. The number of carbonyl (C=O) groups is 1. The second kappa shape index (κ2) is 13.1. The van der Waals surface area contributed by atoms with Crippen LogP contribution in [0.5, 0.6) is 17.2 Å². The van der Waals surface area contributed by atoms with E-state index in [9.17, 15) is 4.79 Å². The maximum atomic E-state index is 12.5. The lowest BCUT2D eigenvalue weighted by Crippen LogP contribution is -2.17. The van der Waals surface area contributed by atoms with E-state index in [1.807, 2.05) is 79.7 Å². The molecule has 6 nitrogen and oxygen atoms in total. The van der Waals surface area contributed by atoms with E-state index in [4.69, 9.17) is 25.8 Å². The van der Waals surface area contributed by atoms with Crippen LogP contribution in [0, 0.1) is 0 Å². The number of hydrogen-bond acceptors (Lipinski definition) is 5. The highest BCUT2D eigenvalue weighted by molar-refractivity contribution is 6.30. The number of ether oxygens (including phenoxy) is 3. The molecule has 1 amide bonds. The molecule has 4 rings (SSSR count). The zero-order chi connectivity index (χ0) is 25.9. The van der Waals surface area contributed by atoms with Gasteiger partial charge in [0.2, 0.25) is 0 Å². The van der Waals surface area contributed by atoms with Crippen LogP contribution in [0.25, 0.3) is 0 Å². The molecule has 7 heteroatoms. The third-order valence-corrected chi connectivity index (χ3v) is 5.57. The first-order valence-corrected chi connectivity index (χ1v) is 12.2. The first-order valence-electron chi connectivity index (χ1n) is 11.8. The average Bonchev–Trinajstić information content (AvgIpc) is 2.93. The second-order valence-corrected chi connectivity index (χ2v) is 8.49. The predicted molar refractivity (Wildman–Crippen MR) is 146 cm³/mol. The van der Waals surface area contributed by atoms with Crippen molar-refractivity contribution in [3.8, 4) is 17.2 Å². The Kier molecular flexibility index (Phi) is 9.16. The second-order valence-electron chi connectivity index (χ2n) is 8.05. The molecular weight excluding hydrogens is 488 g/mol. The summed E-state index contributed by atoms with van der Waals surface area (Å²) in [5, 5.41) is 4.76. The van der Waals surface area contributed by atoms with Crippen LogP contribution in [-0.2, 0) is 13.2 Å². The molecule has 0 aliphatic heterocycles. The molecule has 4 aromatic carbocycles. The normalized spacial score (nSPS) is 10.8. The van der Waals surface area contributed by atoms with Crippen molar-refractivity contribution in [2.24, 2.45) is 5.10 Å². The number of hydrogen-bond donors (Lipinski definition) is 1. The fourth-order valence-corrected chi connectivity index (χ4v) is 3.53. The molecular formula is C30H27ClN2O4. The molecule has 0 spiro atoms. The van der Waals surface area contributed by atoms with Gasteiger partial charge in [0.15, 0.2) is 11.5 Å². The Morgan fingerprint density at radius 1 is 0.811 bits per heavy atom. The van der Waals surface area contributed by atoms with Gasteiger partial charge in [0, 0.05) is 10.6 Å². The summed E-state index contributed by atoms with van der Waals surface area (Å²) >= 11 is 5.94. The minimum atomic E-state index is -0.321. The molecule has 0 unspecified atom stereocenters. The minimum absolute atomic E-state index is 0.321. The summed E-state index contributed by atoms with van der Waals surface area (Å²) in [5.74, 6) is 1.58. The quantitative estimate of drug-likeness (QED) is 0.179. The lowest BCUT2D eigenvalue weighted by atomic mass is 10.2. The molecule has 0 aliphatic rings. The van der Waals surface area contributed by atoms with Gasteiger partial charge < -0.3 is 14.2 Å². The summed E-state index contributed by atoms with van der Waals surface area (Å²) in [6.45, 7) is 3.24. The number of nitrogens with zero attached hydrogens (tertiary/aromatic N) is 1. The fraction of sp³-hybridized carbons (Fsp3) is 0.133. The van der Waals surface area contributed by atoms with Crippen LogP contribution < -0.4 is 19.6 Å². The Morgan fingerprint density at radius 3 is 2.24 bits per heavy atom. The number of rotatable bonds is 11. The Morgan fingerprint density at radius 2 is 1.51 bits per heavy atom. The Hall–Kier alpha value is -4.29. The molecule has 1 N–H and O–H groups in total. The molecule has 0 aromatic heterocycles. The van der Waals surface area contributed by atoms with Crippen molar-refractivity contribution in [3.05, 3.63) is 124 Å². The average molecular weight is 515 g/mol. The Labute approximate surface area is 221 Å². The molecule has 0 fully saturated rings. The van der Waals surface area contributed by atoms with E-state index in [0.29, 0.717) is 47.7 Å². The molecule has 0 bridgehead atoms. The van der Waals surface area contributed by atoms with Crippen LogP contribution in [-0.4, -0.2) is 18.7 Å². The van der Waals surface area contributed by atoms with Gasteiger partial charge in [-0.25, -0.2) is 5.43 Å². The first-order chi connectivity index (χ1) is 18.1. The third kappa shape index (κ3) is 7.85. The summed E-state index contributed by atoms with van der Waals surface area (Å²) in [7, 11) is 0. The molecule has 0 aliphatic carbocycles. The van der Waals surface area contributed by atoms with Crippen LogP contribution >= 0.6 is 11.6 Å². The molecule has 0 heterocycles. The van der Waals surface area contributed by atoms with Crippen molar-refractivity contribution in [1.82, 2.24) is 5.43 Å². The number of carbonyl (C=O) groups excluding carboxylic acids is 1. The zero-order valence-electron chi connectivity index (χ0n) is 20.4. The Balaban J connectivity index is 1.31. The van der Waals surface area contributed by atoms with E-state index in [2.05, 4.69) is 10.5 Å². The number of nitrogens with one attached hydrogen (secondary N) is 1. The molecule has 37 heavy (non-hydrogen) atoms. The van der Waals surface area contributed by atoms with E-state index < -0.39 is 0 Å². The lowest BCUT2D eigenvalue weighted by molar-refractivity contribution is 0.0955. The number of halogens is 1. The summed E-state index contributed by atoms with van der Waals surface area (Å²) in [6, 6.07) is 29.8. The lowest BCUT2D eigenvalue weighted by Gasteiger charge is -2.12. The third-order valence-electron chi connectivity index (χ3n) is 5.32. The van der Waals surface area contributed by atoms with E-state index in [1.54, 1.807) is 30.5 Å². The van der Waals surface area contributed by atoms with Crippen molar-refractivity contribution < 1.29 is 19.0 Å². The van der Waals surface area contributed by atoms with Crippen molar-refractivity contribution in [1.29, 1.82) is 0 Å². The summed E-state index contributed by atoms with van der Waals surface area (Å²) in [5.41, 5.74) is 5.86. The van der Waals surface area contributed by atoms with Crippen molar-refractivity contribution in [2.75, 3.05) is 6.61 Å². The van der Waals surface area contributed by atoms with Crippen LogP contribution in [0.4, 0.5) is 0 Å². The molecule has 0 saturated heterocycles. The smallest absolute Gasteiger partial charge is 0.271 e. The van der Waals surface area contributed by atoms with Crippen LogP contribution in [0.1, 0.15) is 34.0 Å². The van der Waals surface area contributed by atoms with Gasteiger partial charge in [-0.05, 0) is 78.2 Å². The summed E-state index contributed by atoms with van der Waals surface area (Å²) in [4.78, 5) is 12.5. The highest BCUT2D eigenvalue weighted by Gasteiger charge is 2.08. The van der Waals surface area contributed by atoms with Gasteiger partial charge in [0.25, 0.3) is 5.91 Å². The van der Waals surface area contributed by atoms with Crippen molar-refractivity contribution in [3.63, 3.8) is 0 Å². The highest BCUT2D eigenvalue weighted by atomic mass is 35.5. The molecule has 0 saturated carbocycles. The van der Waals surface area contributed by atoms with Gasteiger partial charge in [-0.3, -0.25) is 4.79 Å². The van der Waals surface area contributed by atoms with Crippen molar-refractivity contribution >= 4 is 23.7 Å². The Bertz CT molecular complexity index is 1320. The maximum absolute atomic E-state index is 12.5. The van der Waals surface area contributed by atoms with E-state index in [0.717, 1.165) is 16.7 Å². The molecule has 0 radical (unpaired) electrons. The molecule has 0 atom stereocenters. The van der Waals surface area contributed by atoms with Gasteiger partial charge >= 0.3 is 0 Å². The van der Waals surface area contributed by atoms with Gasteiger partial charge in [-0.2, -0.15) is 5.10 Å². The standard InChI is InChI=1S/C30H27ClN2O4/c1-2-35-29-18-24(10-17-28(29)37-21-23-8-13-26(31)14-9-23)19-32-33-30(34)25-11-15-27(16-12-25)36-20-22-6-4-3-5-7-22/h3-19H,2,20-21H2,1H3,(H,33,34)/b32-19-. The zero-order valence-corrected chi connectivity index (χ0v) is 21.2. The van der Waals surface area contributed by atoms with E-state index >= 15 is 0 Å². The van der Waals surface area contributed by atoms with Gasteiger partial charge in [0.05, 0.1) is 12.8 Å². The number of amides is 1.